The van der Waals surface area contributed by atoms with Gasteiger partial charge >= 0.3 is 11.9 Å². The molecule has 1 aromatic heterocycles. The van der Waals surface area contributed by atoms with Crippen LogP contribution in [0.25, 0.3) is 10.9 Å². The predicted molar refractivity (Wildman–Crippen MR) is 138 cm³/mol. The number of rotatable bonds is 12. The average Bonchev–Trinajstić information content (AvgIpc) is 3.50. The van der Waals surface area contributed by atoms with Crippen LogP contribution >= 0.6 is 0 Å². The maximum Gasteiger partial charge on any atom is 0.326 e. The summed E-state index contributed by atoms with van der Waals surface area (Å²) in [5, 5.41) is 24.8. The highest BCUT2D eigenvalue weighted by Gasteiger charge is 2.39. The summed E-state index contributed by atoms with van der Waals surface area (Å²) < 4.78 is 0. The lowest BCUT2D eigenvalue weighted by Gasteiger charge is -2.28. The number of nitrogens with two attached hydrogens (primary N) is 1. The molecule has 4 unspecified atom stereocenters. The summed E-state index contributed by atoms with van der Waals surface area (Å²) in [7, 11) is 0. The molecule has 0 radical (unpaired) electrons. The summed E-state index contributed by atoms with van der Waals surface area (Å²) in [6.45, 7) is 3.84. The van der Waals surface area contributed by atoms with E-state index in [9.17, 15) is 34.2 Å². The van der Waals surface area contributed by atoms with Crippen LogP contribution in [0, 0.1) is 5.92 Å². The fraction of sp³-hybridized carbons (Fsp3) is 0.500. The van der Waals surface area contributed by atoms with Crippen LogP contribution in [0.15, 0.2) is 30.5 Å². The molecule has 1 aliphatic heterocycles. The third kappa shape index (κ3) is 7.09. The number of carbonyl (C=O) groups excluding carboxylic acids is 3. The number of carbonyl (C=O) groups is 5. The van der Waals surface area contributed by atoms with Gasteiger partial charge in [-0.05, 0) is 43.2 Å². The summed E-state index contributed by atoms with van der Waals surface area (Å²) in [5.41, 5.74) is 7.92. The van der Waals surface area contributed by atoms with E-state index in [4.69, 9.17) is 5.73 Å². The summed E-state index contributed by atoms with van der Waals surface area (Å²) in [5.74, 6) is -4.64. The maximum atomic E-state index is 13.2. The van der Waals surface area contributed by atoms with Crippen molar-refractivity contribution in [3.8, 4) is 0 Å². The Hall–Kier alpha value is -3.93. The van der Waals surface area contributed by atoms with E-state index in [1.807, 2.05) is 38.1 Å². The Morgan fingerprint density at radius 3 is 2.42 bits per heavy atom. The van der Waals surface area contributed by atoms with Crippen molar-refractivity contribution < 1.29 is 34.2 Å². The molecule has 3 rings (SSSR count). The lowest BCUT2D eigenvalue weighted by atomic mass is 10.0. The number of amides is 3. The molecular formula is C26H35N5O7. The number of aromatic amines is 1. The summed E-state index contributed by atoms with van der Waals surface area (Å²) >= 11 is 0. The van der Waals surface area contributed by atoms with Gasteiger partial charge in [0.05, 0.1) is 12.5 Å². The van der Waals surface area contributed by atoms with Crippen molar-refractivity contribution in [3.05, 3.63) is 36.0 Å². The lowest BCUT2D eigenvalue weighted by molar-refractivity contribution is -0.150. The molecule has 12 heteroatoms. The number of likely N-dealkylation sites (tertiary alicyclic amines) is 1. The third-order valence-corrected chi connectivity index (χ3v) is 6.61. The van der Waals surface area contributed by atoms with Crippen LogP contribution in [0.3, 0.4) is 0 Å². The van der Waals surface area contributed by atoms with Gasteiger partial charge in [-0.15, -0.1) is 0 Å². The molecule has 0 bridgehead atoms. The quantitative estimate of drug-likeness (QED) is 0.230. The predicted octanol–water partition coefficient (Wildman–Crippen LogP) is 0.604. The minimum Gasteiger partial charge on any atom is -0.481 e. The number of nitrogens with zero attached hydrogens (tertiary/aromatic N) is 1. The zero-order valence-electron chi connectivity index (χ0n) is 21.5. The molecule has 0 saturated carbocycles. The first-order chi connectivity index (χ1) is 18.0. The molecule has 206 valence electrons. The minimum atomic E-state index is -1.48. The van der Waals surface area contributed by atoms with Crippen molar-refractivity contribution in [1.29, 1.82) is 0 Å². The Kier molecular flexibility index (Phi) is 9.45. The molecule has 3 amide bonds. The standard InChI is InChI=1S/C26H35N5O7/c1-14(2)10-19(29-23(34)17(27)11-15-13-28-18-7-4-3-6-16(15)18)24(35)30-20(12-22(32)33)25(36)31-9-5-8-21(31)26(37)38/h3-4,6-7,13-14,17,19-21,28H,5,8-12,27H2,1-2H3,(H,29,34)(H,30,35)(H,32,33)(H,37,38). The number of H-pyrrole nitrogens is 1. The molecule has 2 aromatic rings. The first-order valence-corrected chi connectivity index (χ1v) is 12.6. The number of carboxylic acid groups (broad SMARTS) is 2. The van der Waals surface area contributed by atoms with E-state index in [1.54, 1.807) is 6.20 Å². The molecule has 1 saturated heterocycles. The number of benzene rings is 1. The molecule has 2 heterocycles. The normalized spacial score (nSPS) is 17.7. The zero-order chi connectivity index (χ0) is 28.0. The van der Waals surface area contributed by atoms with Crippen LogP contribution in [0.2, 0.25) is 0 Å². The Bertz CT molecular complexity index is 1190. The molecule has 1 fully saturated rings. The summed E-state index contributed by atoms with van der Waals surface area (Å²) in [6.07, 6.45) is 2.19. The Morgan fingerprint density at radius 2 is 1.76 bits per heavy atom. The molecule has 0 aliphatic carbocycles. The molecule has 1 aliphatic rings. The smallest absolute Gasteiger partial charge is 0.326 e. The van der Waals surface area contributed by atoms with E-state index in [1.165, 1.54) is 0 Å². The van der Waals surface area contributed by atoms with Gasteiger partial charge in [0.25, 0.3) is 0 Å². The van der Waals surface area contributed by atoms with Crippen LogP contribution in [-0.4, -0.2) is 80.5 Å². The minimum absolute atomic E-state index is 0.0282. The van der Waals surface area contributed by atoms with E-state index in [0.717, 1.165) is 21.4 Å². The number of carboxylic acids is 2. The van der Waals surface area contributed by atoms with Crippen LogP contribution < -0.4 is 16.4 Å². The van der Waals surface area contributed by atoms with Gasteiger partial charge in [-0.25, -0.2) is 4.79 Å². The Morgan fingerprint density at radius 1 is 1.08 bits per heavy atom. The van der Waals surface area contributed by atoms with E-state index in [2.05, 4.69) is 15.6 Å². The van der Waals surface area contributed by atoms with Gasteiger partial charge < -0.3 is 36.5 Å². The Balaban J connectivity index is 1.71. The van der Waals surface area contributed by atoms with Gasteiger partial charge in [-0.2, -0.15) is 0 Å². The van der Waals surface area contributed by atoms with E-state index in [-0.39, 0.29) is 31.7 Å². The highest BCUT2D eigenvalue weighted by atomic mass is 16.4. The lowest BCUT2D eigenvalue weighted by Crippen LogP contribution is -2.57. The average molecular weight is 530 g/mol. The van der Waals surface area contributed by atoms with E-state index >= 15 is 0 Å². The number of hydrogen-bond acceptors (Lipinski definition) is 6. The van der Waals surface area contributed by atoms with Gasteiger partial charge in [0.2, 0.25) is 17.7 Å². The second-order valence-electron chi connectivity index (χ2n) is 10.0. The highest BCUT2D eigenvalue weighted by molar-refractivity contribution is 5.96. The molecule has 1 aromatic carbocycles. The van der Waals surface area contributed by atoms with Crippen molar-refractivity contribution >= 4 is 40.6 Å². The van der Waals surface area contributed by atoms with Crippen LogP contribution in [-0.2, 0) is 30.4 Å². The molecule has 4 atom stereocenters. The molecule has 38 heavy (non-hydrogen) atoms. The van der Waals surface area contributed by atoms with E-state index in [0.29, 0.717) is 6.42 Å². The first-order valence-electron chi connectivity index (χ1n) is 12.6. The molecule has 12 nitrogen and oxygen atoms in total. The van der Waals surface area contributed by atoms with Crippen LogP contribution in [0.5, 0.6) is 0 Å². The first kappa shape index (κ1) is 28.6. The fourth-order valence-corrected chi connectivity index (χ4v) is 4.75. The van der Waals surface area contributed by atoms with Crippen molar-refractivity contribution in [2.24, 2.45) is 11.7 Å². The van der Waals surface area contributed by atoms with Crippen molar-refractivity contribution in [1.82, 2.24) is 20.5 Å². The van der Waals surface area contributed by atoms with Crippen LogP contribution in [0.1, 0.15) is 45.1 Å². The zero-order valence-corrected chi connectivity index (χ0v) is 21.5. The SMILES string of the molecule is CC(C)CC(NC(=O)C(N)Cc1c[nH]c2ccccc12)C(=O)NC(CC(=O)O)C(=O)N1CCCC1C(=O)O. The maximum absolute atomic E-state index is 13.2. The van der Waals surface area contributed by atoms with Crippen molar-refractivity contribution in [3.63, 3.8) is 0 Å². The molecule has 0 spiro atoms. The number of aliphatic carboxylic acids is 2. The number of fused-ring (bicyclic) bond motifs is 1. The van der Waals surface area contributed by atoms with Crippen LogP contribution in [0.4, 0.5) is 0 Å². The summed E-state index contributed by atoms with van der Waals surface area (Å²) in [4.78, 5) is 66.4. The third-order valence-electron chi connectivity index (χ3n) is 6.61. The van der Waals surface area contributed by atoms with Crippen molar-refractivity contribution in [2.75, 3.05) is 6.54 Å². The topological polar surface area (TPSA) is 195 Å². The number of hydrogen-bond donors (Lipinski definition) is 6. The monoisotopic (exact) mass is 529 g/mol. The number of nitrogens with one attached hydrogen (secondary N) is 3. The number of para-hydroxylation sites is 1. The molecule has 7 N–H and O–H groups in total. The van der Waals surface area contributed by atoms with Crippen molar-refractivity contribution in [2.45, 2.75) is 70.1 Å². The van der Waals surface area contributed by atoms with Gasteiger partial charge in [-0.3, -0.25) is 19.2 Å². The highest BCUT2D eigenvalue weighted by Crippen LogP contribution is 2.20. The van der Waals surface area contributed by atoms with Gasteiger partial charge in [0.15, 0.2) is 0 Å². The van der Waals surface area contributed by atoms with Gasteiger partial charge in [-0.1, -0.05) is 32.0 Å². The molecular weight excluding hydrogens is 494 g/mol. The largest absolute Gasteiger partial charge is 0.481 e. The second-order valence-corrected chi connectivity index (χ2v) is 10.0. The summed E-state index contributed by atoms with van der Waals surface area (Å²) in [6, 6.07) is 2.99. The number of aromatic nitrogens is 1. The fourth-order valence-electron chi connectivity index (χ4n) is 4.75. The Labute approximate surface area is 219 Å². The van der Waals surface area contributed by atoms with Gasteiger partial charge in [0, 0.05) is 23.6 Å². The second kappa shape index (κ2) is 12.5. The van der Waals surface area contributed by atoms with Gasteiger partial charge in [0.1, 0.15) is 18.1 Å². The van der Waals surface area contributed by atoms with E-state index < -0.39 is 60.2 Å².